The van der Waals surface area contributed by atoms with Gasteiger partial charge in [-0.05, 0) is 17.7 Å². The molecule has 0 saturated heterocycles. The molecule has 0 heterocycles. The van der Waals surface area contributed by atoms with E-state index in [4.69, 9.17) is 18.0 Å². The van der Waals surface area contributed by atoms with Gasteiger partial charge in [-0.2, -0.15) is 0 Å². The Morgan fingerprint density at radius 2 is 2.30 bits per heavy atom. The standard InChI is InChI=1S/C9H7Cl/c1-2-8-4-3-5-9(6-8)7-10/h1,3-6H,7H2. The highest BCUT2D eigenvalue weighted by atomic mass is 35.5. The van der Waals surface area contributed by atoms with Crippen molar-refractivity contribution in [3.8, 4) is 12.3 Å². The van der Waals surface area contributed by atoms with Crippen molar-refractivity contribution in [3.05, 3.63) is 35.4 Å². The zero-order chi connectivity index (χ0) is 7.40. The highest BCUT2D eigenvalue weighted by molar-refractivity contribution is 6.17. The first kappa shape index (κ1) is 7.18. The van der Waals surface area contributed by atoms with Gasteiger partial charge < -0.3 is 0 Å². The molecule has 1 aromatic carbocycles. The van der Waals surface area contributed by atoms with Gasteiger partial charge in [-0.3, -0.25) is 0 Å². The van der Waals surface area contributed by atoms with Gasteiger partial charge in [-0.1, -0.05) is 18.1 Å². The molecular formula is C9H7Cl. The minimum absolute atomic E-state index is 0.523. The van der Waals surface area contributed by atoms with Gasteiger partial charge in [0, 0.05) is 11.4 Å². The van der Waals surface area contributed by atoms with Gasteiger partial charge in [0.05, 0.1) is 0 Å². The molecule has 0 aliphatic heterocycles. The van der Waals surface area contributed by atoms with Crippen molar-refractivity contribution in [2.45, 2.75) is 5.88 Å². The monoisotopic (exact) mass is 150 g/mol. The number of rotatable bonds is 1. The number of hydrogen-bond donors (Lipinski definition) is 0. The maximum Gasteiger partial charge on any atom is 0.0474 e. The van der Waals surface area contributed by atoms with Crippen LogP contribution in [0.4, 0.5) is 0 Å². The van der Waals surface area contributed by atoms with E-state index in [0.29, 0.717) is 5.88 Å². The highest BCUT2D eigenvalue weighted by Gasteiger charge is 1.89. The Labute approximate surface area is 65.8 Å². The SMILES string of the molecule is C#Cc1cccc(CCl)c1. The van der Waals surface area contributed by atoms with Crippen LogP contribution in [0.2, 0.25) is 0 Å². The van der Waals surface area contributed by atoms with Crippen LogP contribution in [0.1, 0.15) is 11.1 Å². The summed E-state index contributed by atoms with van der Waals surface area (Å²) in [4.78, 5) is 0. The quantitative estimate of drug-likeness (QED) is 0.426. The van der Waals surface area contributed by atoms with Crippen molar-refractivity contribution in [3.63, 3.8) is 0 Å². The minimum atomic E-state index is 0.523. The Balaban J connectivity index is 3.01. The van der Waals surface area contributed by atoms with E-state index >= 15 is 0 Å². The summed E-state index contributed by atoms with van der Waals surface area (Å²) in [6, 6.07) is 7.66. The first-order chi connectivity index (χ1) is 4.86. The van der Waals surface area contributed by atoms with Crippen LogP contribution < -0.4 is 0 Å². The molecule has 0 unspecified atom stereocenters. The highest BCUT2D eigenvalue weighted by Crippen LogP contribution is 2.05. The molecule has 0 amide bonds. The average molecular weight is 151 g/mol. The maximum atomic E-state index is 5.59. The van der Waals surface area contributed by atoms with Crippen LogP contribution in [0, 0.1) is 12.3 Å². The molecule has 0 fully saturated rings. The fourth-order valence-electron chi connectivity index (χ4n) is 0.744. The number of hydrogen-bond acceptors (Lipinski definition) is 0. The van der Waals surface area contributed by atoms with Gasteiger partial charge in [0.25, 0.3) is 0 Å². The van der Waals surface area contributed by atoms with Gasteiger partial charge in [0.1, 0.15) is 0 Å². The zero-order valence-corrected chi connectivity index (χ0v) is 6.23. The fourth-order valence-corrected chi connectivity index (χ4v) is 0.910. The molecule has 0 atom stereocenters. The van der Waals surface area contributed by atoms with Crippen molar-refractivity contribution in [2.75, 3.05) is 0 Å². The van der Waals surface area contributed by atoms with Crippen LogP contribution in [0.25, 0.3) is 0 Å². The lowest BCUT2D eigenvalue weighted by Gasteiger charge is -1.93. The van der Waals surface area contributed by atoms with Crippen LogP contribution in [0.5, 0.6) is 0 Å². The van der Waals surface area contributed by atoms with Gasteiger partial charge in [0.2, 0.25) is 0 Å². The van der Waals surface area contributed by atoms with E-state index in [-0.39, 0.29) is 0 Å². The predicted molar refractivity (Wildman–Crippen MR) is 43.9 cm³/mol. The molecule has 0 nitrogen and oxygen atoms in total. The lowest BCUT2D eigenvalue weighted by atomic mass is 10.1. The van der Waals surface area contributed by atoms with Crippen molar-refractivity contribution < 1.29 is 0 Å². The second-order valence-corrected chi connectivity index (χ2v) is 2.25. The van der Waals surface area contributed by atoms with Gasteiger partial charge in [0.15, 0.2) is 0 Å². The Kier molecular flexibility index (Phi) is 2.36. The van der Waals surface area contributed by atoms with E-state index in [1.807, 2.05) is 24.3 Å². The Morgan fingerprint density at radius 1 is 1.50 bits per heavy atom. The van der Waals surface area contributed by atoms with Crippen molar-refractivity contribution in [1.82, 2.24) is 0 Å². The number of benzene rings is 1. The van der Waals surface area contributed by atoms with E-state index in [1.54, 1.807) is 0 Å². The van der Waals surface area contributed by atoms with E-state index in [9.17, 15) is 0 Å². The van der Waals surface area contributed by atoms with Crippen molar-refractivity contribution in [1.29, 1.82) is 0 Å². The summed E-state index contributed by atoms with van der Waals surface area (Å²) in [5.74, 6) is 3.07. The molecule has 0 N–H and O–H groups in total. The second-order valence-electron chi connectivity index (χ2n) is 1.98. The van der Waals surface area contributed by atoms with Crippen LogP contribution in [0.3, 0.4) is 0 Å². The van der Waals surface area contributed by atoms with Gasteiger partial charge >= 0.3 is 0 Å². The zero-order valence-electron chi connectivity index (χ0n) is 5.47. The van der Waals surface area contributed by atoms with Crippen molar-refractivity contribution >= 4 is 11.6 Å². The van der Waals surface area contributed by atoms with Gasteiger partial charge in [-0.15, -0.1) is 18.0 Å². The summed E-state index contributed by atoms with van der Waals surface area (Å²) < 4.78 is 0. The summed E-state index contributed by atoms with van der Waals surface area (Å²) in [6.07, 6.45) is 5.18. The number of alkyl halides is 1. The Morgan fingerprint density at radius 3 is 2.90 bits per heavy atom. The van der Waals surface area contributed by atoms with Crippen molar-refractivity contribution in [2.24, 2.45) is 0 Å². The molecule has 10 heavy (non-hydrogen) atoms. The molecule has 1 rings (SSSR count). The Hall–Kier alpha value is -0.930. The van der Waals surface area contributed by atoms with E-state index < -0.39 is 0 Å². The van der Waals surface area contributed by atoms with Crippen LogP contribution in [0.15, 0.2) is 24.3 Å². The molecule has 0 aromatic heterocycles. The molecule has 0 radical (unpaired) electrons. The first-order valence-electron chi connectivity index (χ1n) is 2.98. The summed E-state index contributed by atoms with van der Waals surface area (Å²) >= 11 is 5.59. The topological polar surface area (TPSA) is 0 Å². The van der Waals surface area contributed by atoms with Crippen LogP contribution in [-0.4, -0.2) is 0 Å². The minimum Gasteiger partial charge on any atom is -0.122 e. The molecule has 0 bridgehead atoms. The summed E-state index contributed by atoms with van der Waals surface area (Å²) in [7, 11) is 0. The third kappa shape index (κ3) is 1.52. The third-order valence-electron chi connectivity index (χ3n) is 1.25. The largest absolute Gasteiger partial charge is 0.122 e. The maximum absolute atomic E-state index is 5.59. The van der Waals surface area contributed by atoms with E-state index in [0.717, 1.165) is 11.1 Å². The lowest BCUT2D eigenvalue weighted by Crippen LogP contribution is -1.78. The van der Waals surface area contributed by atoms with Crippen LogP contribution in [-0.2, 0) is 5.88 Å². The lowest BCUT2D eigenvalue weighted by molar-refractivity contribution is 1.39. The molecular weight excluding hydrogens is 144 g/mol. The number of terminal acetylenes is 1. The van der Waals surface area contributed by atoms with E-state index in [1.165, 1.54) is 0 Å². The molecule has 50 valence electrons. The second kappa shape index (κ2) is 3.29. The summed E-state index contributed by atoms with van der Waals surface area (Å²) in [5, 5.41) is 0. The fraction of sp³-hybridized carbons (Fsp3) is 0.111. The smallest absolute Gasteiger partial charge is 0.0474 e. The summed E-state index contributed by atoms with van der Waals surface area (Å²) in [6.45, 7) is 0. The van der Waals surface area contributed by atoms with E-state index in [2.05, 4.69) is 5.92 Å². The van der Waals surface area contributed by atoms with Gasteiger partial charge in [-0.25, -0.2) is 0 Å². The summed E-state index contributed by atoms with van der Waals surface area (Å²) in [5.41, 5.74) is 1.95. The third-order valence-corrected chi connectivity index (χ3v) is 1.56. The average Bonchev–Trinajstić information content (AvgIpc) is 2.05. The normalized spacial score (nSPS) is 8.80. The Bertz CT molecular complexity index is 258. The molecule has 0 aliphatic carbocycles. The molecule has 1 heteroatoms. The molecule has 0 saturated carbocycles. The molecule has 0 spiro atoms. The first-order valence-corrected chi connectivity index (χ1v) is 3.52. The molecule has 1 aromatic rings. The predicted octanol–water partition coefficient (Wildman–Crippen LogP) is 2.41. The molecule has 0 aliphatic rings. The van der Waals surface area contributed by atoms with Crippen LogP contribution >= 0.6 is 11.6 Å². The number of halogens is 1.